The summed E-state index contributed by atoms with van der Waals surface area (Å²) < 4.78 is 33.7. The quantitative estimate of drug-likeness (QED) is 0.608. The molecular formula is C21H20N2O5S2. The van der Waals surface area contributed by atoms with Crippen LogP contribution in [0.2, 0.25) is 0 Å². The van der Waals surface area contributed by atoms with Gasteiger partial charge in [-0.15, -0.1) is 11.3 Å². The number of amides is 1. The highest BCUT2D eigenvalue weighted by atomic mass is 32.2. The topological polar surface area (TPSA) is 108 Å². The van der Waals surface area contributed by atoms with Crippen LogP contribution in [0.15, 0.2) is 59.5 Å². The zero-order valence-electron chi connectivity index (χ0n) is 16.0. The molecule has 0 saturated heterocycles. The number of sulfonamides is 1. The van der Waals surface area contributed by atoms with Crippen LogP contribution in [0.1, 0.15) is 15.2 Å². The molecule has 1 amide bonds. The maximum Gasteiger partial charge on any atom is 0.261 e. The van der Waals surface area contributed by atoms with E-state index in [2.05, 4.69) is 5.32 Å². The highest BCUT2D eigenvalue weighted by molar-refractivity contribution is 7.89. The number of nitrogens with two attached hydrogens (primary N) is 1. The average Bonchev–Trinajstić information content (AvgIpc) is 3.23. The molecule has 1 aromatic heterocycles. The maximum atomic E-state index is 12.5. The van der Waals surface area contributed by atoms with Crippen molar-refractivity contribution >= 4 is 27.3 Å². The molecule has 2 heterocycles. The van der Waals surface area contributed by atoms with Gasteiger partial charge in [0.25, 0.3) is 5.91 Å². The second kappa shape index (κ2) is 8.47. The molecule has 7 nitrogen and oxygen atoms in total. The summed E-state index contributed by atoms with van der Waals surface area (Å²) in [6.45, 7) is 1.51. The van der Waals surface area contributed by atoms with Crippen molar-refractivity contribution in [1.82, 2.24) is 5.32 Å². The Morgan fingerprint density at radius 2 is 1.73 bits per heavy atom. The summed E-state index contributed by atoms with van der Waals surface area (Å²) >= 11 is 1.41. The van der Waals surface area contributed by atoms with E-state index >= 15 is 0 Å². The Morgan fingerprint density at radius 1 is 1.00 bits per heavy atom. The molecule has 156 valence electrons. The number of fused-ring (bicyclic) bond motifs is 1. The van der Waals surface area contributed by atoms with Gasteiger partial charge >= 0.3 is 0 Å². The first-order chi connectivity index (χ1) is 14.4. The highest BCUT2D eigenvalue weighted by Gasteiger charge is 2.15. The Hall–Kier alpha value is -2.88. The van der Waals surface area contributed by atoms with E-state index in [1.807, 2.05) is 24.3 Å². The molecule has 1 aliphatic heterocycles. The molecule has 3 N–H and O–H groups in total. The third-order valence-electron chi connectivity index (χ3n) is 4.61. The van der Waals surface area contributed by atoms with Gasteiger partial charge in [-0.25, -0.2) is 13.6 Å². The summed E-state index contributed by atoms with van der Waals surface area (Å²) in [6, 6.07) is 15.8. The van der Waals surface area contributed by atoms with Crippen LogP contribution in [0.3, 0.4) is 0 Å². The van der Waals surface area contributed by atoms with Gasteiger partial charge in [-0.3, -0.25) is 4.79 Å². The van der Waals surface area contributed by atoms with E-state index in [9.17, 15) is 13.2 Å². The van der Waals surface area contributed by atoms with E-state index in [4.69, 9.17) is 14.6 Å². The highest BCUT2D eigenvalue weighted by Crippen LogP contribution is 2.36. The van der Waals surface area contributed by atoms with E-state index in [1.54, 1.807) is 18.2 Å². The predicted octanol–water partition coefficient (Wildman–Crippen LogP) is 2.81. The number of rotatable bonds is 6. The molecule has 0 radical (unpaired) electrons. The van der Waals surface area contributed by atoms with Crippen molar-refractivity contribution in [2.45, 2.75) is 11.3 Å². The number of thiophene rings is 1. The first-order valence-corrected chi connectivity index (χ1v) is 11.7. The fourth-order valence-corrected chi connectivity index (χ4v) is 4.50. The SMILES string of the molecule is NS(=O)(=O)c1ccc(CCNC(=O)c2ccc(-c3ccc4c(c3)OCCO4)s2)cc1. The minimum atomic E-state index is -3.70. The Kier molecular flexibility index (Phi) is 5.76. The standard InChI is InChI=1S/C21H20N2O5S2/c22-30(25,26)16-4-1-14(2-5-16)9-10-23-21(24)20-8-7-19(29-20)15-3-6-17-18(13-15)28-12-11-27-17/h1-8,13H,9-12H2,(H,23,24)(H2,22,25,26). The number of nitrogens with one attached hydrogen (secondary N) is 1. The lowest BCUT2D eigenvalue weighted by Crippen LogP contribution is -2.24. The molecule has 2 aromatic carbocycles. The van der Waals surface area contributed by atoms with Gasteiger partial charge in [0.05, 0.1) is 9.77 Å². The summed E-state index contributed by atoms with van der Waals surface area (Å²) in [5.41, 5.74) is 1.88. The summed E-state index contributed by atoms with van der Waals surface area (Å²) in [6.07, 6.45) is 0.580. The van der Waals surface area contributed by atoms with Crippen molar-refractivity contribution in [3.8, 4) is 21.9 Å². The molecule has 9 heteroatoms. The van der Waals surface area contributed by atoms with Gasteiger partial charge in [-0.1, -0.05) is 12.1 Å². The number of carbonyl (C=O) groups is 1. The van der Waals surface area contributed by atoms with E-state index in [-0.39, 0.29) is 10.8 Å². The largest absolute Gasteiger partial charge is 0.486 e. The van der Waals surface area contributed by atoms with Crippen LogP contribution in [0.25, 0.3) is 10.4 Å². The fraction of sp³-hybridized carbons (Fsp3) is 0.190. The van der Waals surface area contributed by atoms with E-state index in [0.717, 1.165) is 21.8 Å². The number of hydrogen-bond donors (Lipinski definition) is 2. The molecular weight excluding hydrogens is 424 g/mol. The molecule has 1 aliphatic rings. The number of ether oxygens (including phenoxy) is 2. The number of hydrogen-bond acceptors (Lipinski definition) is 6. The molecule has 0 unspecified atom stereocenters. The Labute approximate surface area is 178 Å². The Morgan fingerprint density at radius 3 is 2.47 bits per heavy atom. The van der Waals surface area contributed by atoms with Crippen LogP contribution in [-0.2, 0) is 16.4 Å². The van der Waals surface area contributed by atoms with E-state index in [1.165, 1.54) is 23.5 Å². The van der Waals surface area contributed by atoms with Crippen LogP contribution in [-0.4, -0.2) is 34.1 Å². The van der Waals surface area contributed by atoms with Gasteiger partial charge < -0.3 is 14.8 Å². The number of carbonyl (C=O) groups excluding carboxylic acids is 1. The first kappa shape index (κ1) is 20.4. The zero-order valence-corrected chi connectivity index (χ0v) is 17.6. The monoisotopic (exact) mass is 444 g/mol. The molecule has 0 saturated carbocycles. The summed E-state index contributed by atoms with van der Waals surface area (Å²) in [7, 11) is -3.70. The van der Waals surface area contributed by atoms with E-state index in [0.29, 0.717) is 36.8 Å². The molecule has 0 bridgehead atoms. The minimum absolute atomic E-state index is 0.0699. The summed E-state index contributed by atoms with van der Waals surface area (Å²) in [5, 5.41) is 7.98. The normalized spacial score (nSPS) is 13.1. The molecule has 30 heavy (non-hydrogen) atoms. The zero-order chi connectivity index (χ0) is 21.1. The fourth-order valence-electron chi connectivity index (χ4n) is 3.06. The van der Waals surface area contributed by atoms with Crippen molar-refractivity contribution in [2.75, 3.05) is 19.8 Å². The van der Waals surface area contributed by atoms with Crippen molar-refractivity contribution in [1.29, 1.82) is 0 Å². The maximum absolute atomic E-state index is 12.5. The predicted molar refractivity (Wildman–Crippen MR) is 115 cm³/mol. The lowest BCUT2D eigenvalue weighted by atomic mass is 10.1. The molecule has 3 aromatic rings. The van der Waals surface area contributed by atoms with Gasteiger partial charge in [0.15, 0.2) is 11.5 Å². The molecule has 0 atom stereocenters. The van der Waals surface area contributed by atoms with Crippen molar-refractivity contribution in [3.63, 3.8) is 0 Å². The number of primary sulfonamides is 1. The number of benzene rings is 2. The van der Waals surface area contributed by atoms with E-state index < -0.39 is 10.0 Å². The van der Waals surface area contributed by atoms with Crippen LogP contribution in [0.5, 0.6) is 11.5 Å². The summed E-state index contributed by atoms with van der Waals surface area (Å²) in [4.78, 5) is 14.1. The van der Waals surface area contributed by atoms with Gasteiger partial charge in [0, 0.05) is 11.4 Å². The first-order valence-electron chi connectivity index (χ1n) is 9.30. The minimum Gasteiger partial charge on any atom is -0.486 e. The van der Waals surface area contributed by atoms with Crippen molar-refractivity contribution in [3.05, 3.63) is 65.0 Å². The van der Waals surface area contributed by atoms with Crippen molar-refractivity contribution < 1.29 is 22.7 Å². The molecule has 0 aliphatic carbocycles. The molecule has 0 spiro atoms. The van der Waals surface area contributed by atoms with Crippen LogP contribution >= 0.6 is 11.3 Å². The molecule has 0 fully saturated rings. The van der Waals surface area contributed by atoms with Crippen molar-refractivity contribution in [2.24, 2.45) is 5.14 Å². The molecule has 4 rings (SSSR count). The lowest BCUT2D eigenvalue weighted by molar-refractivity contribution is 0.0958. The Bertz CT molecular complexity index is 1170. The summed E-state index contributed by atoms with van der Waals surface area (Å²) in [5.74, 6) is 1.30. The van der Waals surface area contributed by atoms with Gasteiger partial charge in [0.1, 0.15) is 13.2 Å². The smallest absolute Gasteiger partial charge is 0.261 e. The van der Waals surface area contributed by atoms with Crippen LogP contribution < -0.4 is 19.9 Å². The van der Waals surface area contributed by atoms with Gasteiger partial charge in [0.2, 0.25) is 10.0 Å². The van der Waals surface area contributed by atoms with Gasteiger partial charge in [-0.05, 0) is 60.0 Å². The van der Waals surface area contributed by atoms with Gasteiger partial charge in [-0.2, -0.15) is 0 Å². The Balaban J connectivity index is 1.35. The lowest BCUT2D eigenvalue weighted by Gasteiger charge is -2.18. The third kappa shape index (κ3) is 4.64. The van der Waals surface area contributed by atoms with Crippen LogP contribution in [0.4, 0.5) is 0 Å². The van der Waals surface area contributed by atoms with Crippen LogP contribution in [0, 0.1) is 0 Å². The average molecular weight is 445 g/mol. The third-order valence-corrected chi connectivity index (χ3v) is 6.67. The second-order valence-corrected chi connectivity index (χ2v) is 9.36. The second-order valence-electron chi connectivity index (χ2n) is 6.72.